The fourth-order valence-corrected chi connectivity index (χ4v) is 4.80. The minimum absolute atomic E-state index is 0.00853. The van der Waals surface area contributed by atoms with E-state index in [0.29, 0.717) is 43.4 Å². The lowest BCUT2D eigenvalue weighted by atomic mass is 10.0. The second-order valence-corrected chi connectivity index (χ2v) is 12.5. The third-order valence-corrected chi connectivity index (χ3v) is 6.79. The second kappa shape index (κ2) is 11.7. The van der Waals surface area contributed by atoms with Gasteiger partial charge >= 0.3 is 12.2 Å². The van der Waals surface area contributed by atoms with Gasteiger partial charge in [-0.05, 0) is 76.2 Å². The van der Waals surface area contributed by atoms with Gasteiger partial charge in [0.05, 0.1) is 6.20 Å². The first-order chi connectivity index (χ1) is 18.8. The molecular formula is C29H36N4O6S. The van der Waals surface area contributed by atoms with Crippen LogP contribution in [0.1, 0.15) is 57.7 Å². The van der Waals surface area contributed by atoms with E-state index in [4.69, 9.17) is 13.9 Å². The zero-order valence-corrected chi connectivity index (χ0v) is 24.6. The predicted molar refractivity (Wildman–Crippen MR) is 154 cm³/mol. The molecule has 0 spiro atoms. The summed E-state index contributed by atoms with van der Waals surface area (Å²) < 4.78 is 16.7. The van der Waals surface area contributed by atoms with E-state index in [0.717, 1.165) is 10.4 Å². The molecule has 0 saturated carbocycles. The van der Waals surface area contributed by atoms with Crippen LogP contribution in [0.15, 0.2) is 46.3 Å². The molecule has 214 valence electrons. The van der Waals surface area contributed by atoms with E-state index in [1.54, 1.807) is 43.1 Å². The molecule has 1 aliphatic heterocycles. The summed E-state index contributed by atoms with van der Waals surface area (Å²) in [6.07, 6.45) is 0.460. The highest BCUT2D eigenvalue weighted by Crippen LogP contribution is 2.30. The van der Waals surface area contributed by atoms with E-state index in [1.807, 2.05) is 55.3 Å². The number of aromatic nitrogens is 1. The summed E-state index contributed by atoms with van der Waals surface area (Å²) in [6, 6.07) is 9.85. The number of Topliss-reactive ketones (excluding diaryl/α,β-unsaturated/α-hetero) is 1. The Hall–Kier alpha value is -3.86. The molecule has 10 nitrogen and oxygen atoms in total. The van der Waals surface area contributed by atoms with Crippen LogP contribution in [-0.2, 0) is 15.9 Å². The van der Waals surface area contributed by atoms with E-state index in [-0.39, 0.29) is 24.1 Å². The highest BCUT2D eigenvalue weighted by molar-refractivity contribution is 7.13. The minimum Gasteiger partial charge on any atom is -0.444 e. The second-order valence-electron chi connectivity index (χ2n) is 11.5. The number of nitrogens with one attached hydrogen (secondary N) is 1. The summed E-state index contributed by atoms with van der Waals surface area (Å²) in [5.74, 6) is -0.156. The van der Waals surface area contributed by atoms with Crippen LogP contribution in [0, 0.1) is 0 Å². The van der Waals surface area contributed by atoms with Crippen molar-refractivity contribution < 1.29 is 28.3 Å². The van der Waals surface area contributed by atoms with E-state index in [1.165, 1.54) is 6.20 Å². The molecule has 1 saturated heterocycles. The molecule has 4 rings (SSSR count). The molecule has 3 aromatic rings. The standard InChI is InChI=1S/C29H36N4O6S/c1-28(2,3)38-26(35)31-21-10-9-19(24-8-7-15-40-24)16-20(21)17-22(34)23-18-30-25(37-23)32-11-13-33(14-12-32)27(36)39-29(4,5)6/h7-10,15-16,18H,11-14,17H2,1-6H3,(H,31,35). The van der Waals surface area contributed by atoms with Gasteiger partial charge in [0.2, 0.25) is 5.78 Å². The van der Waals surface area contributed by atoms with Crippen molar-refractivity contribution in [3.8, 4) is 10.4 Å². The van der Waals surface area contributed by atoms with Gasteiger partial charge in [-0.2, -0.15) is 0 Å². The molecule has 0 unspecified atom stereocenters. The van der Waals surface area contributed by atoms with Crippen LogP contribution in [0.2, 0.25) is 0 Å². The molecule has 2 aromatic heterocycles. The Morgan fingerprint density at radius 2 is 1.70 bits per heavy atom. The first-order valence-electron chi connectivity index (χ1n) is 13.2. The number of hydrogen-bond donors (Lipinski definition) is 1. The Morgan fingerprint density at radius 1 is 1.00 bits per heavy atom. The molecule has 0 radical (unpaired) electrons. The molecule has 1 fully saturated rings. The highest BCUT2D eigenvalue weighted by Gasteiger charge is 2.28. The van der Waals surface area contributed by atoms with Crippen molar-refractivity contribution in [2.24, 2.45) is 0 Å². The van der Waals surface area contributed by atoms with Gasteiger partial charge in [-0.1, -0.05) is 12.1 Å². The average Bonchev–Trinajstić information content (AvgIpc) is 3.56. The number of carbonyl (C=O) groups excluding carboxylic acids is 3. The van der Waals surface area contributed by atoms with Gasteiger partial charge in [0.15, 0.2) is 5.76 Å². The fourth-order valence-electron chi connectivity index (χ4n) is 4.08. The van der Waals surface area contributed by atoms with Crippen molar-refractivity contribution >= 4 is 41.0 Å². The highest BCUT2D eigenvalue weighted by atomic mass is 32.1. The number of anilines is 2. The van der Waals surface area contributed by atoms with Crippen LogP contribution in [0.3, 0.4) is 0 Å². The summed E-state index contributed by atoms with van der Waals surface area (Å²) in [6.45, 7) is 12.8. The molecule has 1 aromatic carbocycles. The number of carbonyl (C=O) groups is 3. The van der Waals surface area contributed by atoms with Crippen LogP contribution in [0.25, 0.3) is 10.4 Å². The molecule has 1 N–H and O–H groups in total. The maximum atomic E-state index is 13.3. The van der Waals surface area contributed by atoms with Gasteiger partial charge in [-0.3, -0.25) is 10.1 Å². The Labute approximate surface area is 238 Å². The van der Waals surface area contributed by atoms with Crippen LogP contribution in [0.5, 0.6) is 0 Å². The zero-order valence-electron chi connectivity index (χ0n) is 23.8. The first kappa shape index (κ1) is 29.1. The molecular weight excluding hydrogens is 532 g/mol. The molecule has 0 atom stereocenters. The lowest BCUT2D eigenvalue weighted by molar-refractivity contribution is 0.0238. The first-order valence-corrected chi connectivity index (χ1v) is 14.0. The van der Waals surface area contributed by atoms with Crippen molar-refractivity contribution in [2.75, 3.05) is 36.4 Å². The van der Waals surface area contributed by atoms with E-state index in [2.05, 4.69) is 10.3 Å². The van der Waals surface area contributed by atoms with Crippen LogP contribution in [0.4, 0.5) is 21.3 Å². The Morgan fingerprint density at radius 3 is 2.33 bits per heavy atom. The monoisotopic (exact) mass is 568 g/mol. The minimum atomic E-state index is -0.661. The summed E-state index contributed by atoms with van der Waals surface area (Å²) in [4.78, 5) is 47.0. The summed E-state index contributed by atoms with van der Waals surface area (Å²) in [5, 5.41) is 4.76. The Bertz CT molecular complexity index is 1350. The number of nitrogens with zero attached hydrogens (tertiary/aromatic N) is 3. The van der Waals surface area contributed by atoms with Crippen molar-refractivity contribution in [1.82, 2.24) is 9.88 Å². The SMILES string of the molecule is CC(C)(C)OC(=O)Nc1ccc(-c2cccs2)cc1CC(=O)c1cnc(N2CCN(C(=O)OC(C)(C)C)CC2)o1. The summed E-state index contributed by atoms with van der Waals surface area (Å²) >= 11 is 1.59. The van der Waals surface area contributed by atoms with Gasteiger partial charge in [-0.25, -0.2) is 14.6 Å². The lowest BCUT2D eigenvalue weighted by Gasteiger charge is -2.34. The average molecular weight is 569 g/mol. The Balaban J connectivity index is 1.45. The van der Waals surface area contributed by atoms with Gasteiger partial charge < -0.3 is 23.7 Å². The van der Waals surface area contributed by atoms with Crippen LogP contribution in [-0.4, -0.2) is 65.2 Å². The van der Waals surface area contributed by atoms with Crippen LogP contribution < -0.4 is 10.2 Å². The molecule has 0 aliphatic carbocycles. The quantitative estimate of drug-likeness (QED) is 0.348. The van der Waals surface area contributed by atoms with Gasteiger partial charge in [0.1, 0.15) is 11.2 Å². The van der Waals surface area contributed by atoms with E-state index in [9.17, 15) is 14.4 Å². The summed E-state index contributed by atoms with van der Waals surface area (Å²) in [5.41, 5.74) is 0.837. The van der Waals surface area contributed by atoms with Crippen LogP contribution >= 0.6 is 11.3 Å². The number of oxazole rings is 1. The van der Waals surface area contributed by atoms with Gasteiger partial charge in [0.25, 0.3) is 6.01 Å². The lowest BCUT2D eigenvalue weighted by Crippen LogP contribution is -2.50. The third kappa shape index (κ3) is 7.84. The van der Waals surface area contributed by atoms with Crippen molar-refractivity contribution in [3.63, 3.8) is 0 Å². The number of rotatable bonds is 6. The topological polar surface area (TPSA) is 114 Å². The fraction of sp³-hybridized carbons (Fsp3) is 0.448. The van der Waals surface area contributed by atoms with Crippen molar-refractivity contribution in [3.05, 3.63) is 53.2 Å². The number of piperazine rings is 1. The number of ketones is 1. The largest absolute Gasteiger partial charge is 0.444 e. The Kier molecular flexibility index (Phi) is 8.53. The van der Waals surface area contributed by atoms with Crippen molar-refractivity contribution in [2.45, 2.75) is 59.2 Å². The number of amides is 2. The van der Waals surface area contributed by atoms with E-state index >= 15 is 0 Å². The maximum absolute atomic E-state index is 13.3. The molecule has 1 aliphatic rings. The predicted octanol–water partition coefficient (Wildman–Crippen LogP) is 6.23. The number of hydrogen-bond acceptors (Lipinski definition) is 9. The summed E-state index contributed by atoms with van der Waals surface area (Å²) in [7, 11) is 0. The molecule has 3 heterocycles. The maximum Gasteiger partial charge on any atom is 0.412 e. The number of thiophene rings is 1. The van der Waals surface area contributed by atoms with Gasteiger partial charge in [-0.15, -0.1) is 11.3 Å². The smallest absolute Gasteiger partial charge is 0.412 e. The van der Waals surface area contributed by atoms with Gasteiger partial charge in [0, 0.05) is 43.2 Å². The zero-order chi connectivity index (χ0) is 29.1. The molecule has 40 heavy (non-hydrogen) atoms. The van der Waals surface area contributed by atoms with E-state index < -0.39 is 17.3 Å². The number of ether oxygens (including phenoxy) is 2. The molecule has 0 bridgehead atoms. The molecule has 11 heteroatoms. The van der Waals surface area contributed by atoms with Crippen molar-refractivity contribution in [1.29, 1.82) is 0 Å². The number of benzene rings is 1. The normalized spacial score (nSPS) is 14.2. The molecule has 2 amide bonds. The third-order valence-electron chi connectivity index (χ3n) is 5.87.